The first kappa shape index (κ1) is 15.4. The Kier molecular flexibility index (Phi) is 4.16. The lowest BCUT2D eigenvalue weighted by Gasteiger charge is -2.33. The van der Waals surface area contributed by atoms with Crippen LogP contribution in [0, 0.1) is 10.1 Å². The summed E-state index contributed by atoms with van der Waals surface area (Å²) < 4.78 is 27.5. The Balaban J connectivity index is 1.89. The first-order valence-corrected chi connectivity index (χ1v) is 8.93. The fourth-order valence-corrected chi connectivity index (χ4v) is 4.87. The van der Waals surface area contributed by atoms with E-state index in [0.717, 1.165) is 38.8 Å². The predicted molar refractivity (Wildman–Crippen MR) is 81.0 cm³/mol. The van der Waals surface area contributed by atoms with Crippen LogP contribution >= 0.6 is 0 Å². The van der Waals surface area contributed by atoms with Gasteiger partial charge in [0.15, 0.2) is 0 Å². The van der Waals surface area contributed by atoms with Gasteiger partial charge < -0.3 is 5.32 Å². The summed E-state index contributed by atoms with van der Waals surface area (Å²) in [5.74, 6) is 0. The maximum Gasteiger partial charge on any atom is 0.269 e. The number of nitro benzene ring substituents is 1. The summed E-state index contributed by atoms with van der Waals surface area (Å²) in [6.45, 7) is 1.65. The summed E-state index contributed by atoms with van der Waals surface area (Å²) in [4.78, 5) is 10.3. The van der Waals surface area contributed by atoms with Gasteiger partial charge in [-0.1, -0.05) is 0 Å². The van der Waals surface area contributed by atoms with Gasteiger partial charge in [-0.25, -0.2) is 8.42 Å². The first-order chi connectivity index (χ1) is 10.5. The van der Waals surface area contributed by atoms with Gasteiger partial charge in [0.25, 0.3) is 5.69 Å². The third-order valence-electron chi connectivity index (χ3n) is 4.20. The molecule has 7 nitrogen and oxygen atoms in total. The topological polar surface area (TPSA) is 92.5 Å². The molecule has 1 aromatic carbocycles. The number of non-ortho nitro benzene ring substituents is 1. The van der Waals surface area contributed by atoms with Crippen molar-refractivity contribution in [1.29, 1.82) is 0 Å². The third-order valence-corrected chi connectivity index (χ3v) is 6.22. The summed E-state index contributed by atoms with van der Waals surface area (Å²) in [6, 6.07) is 5.28. The molecule has 1 saturated heterocycles. The van der Waals surface area contributed by atoms with Crippen LogP contribution in [0.3, 0.4) is 0 Å². The molecular formula is C14H19N3O4S. The molecule has 0 bridgehead atoms. The summed E-state index contributed by atoms with van der Waals surface area (Å²) in [6.07, 6.45) is 3.41. The van der Waals surface area contributed by atoms with Crippen LogP contribution in [0.1, 0.15) is 25.7 Å². The van der Waals surface area contributed by atoms with Crippen molar-refractivity contribution >= 4 is 15.7 Å². The molecule has 1 heterocycles. The van der Waals surface area contributed by atoms with Crippen LogP contribution in [0.4, 0.5) is 5.69 Å². The minimum Gasteiger partial charge on any atom is -0.317 e. The molecule has 1 N–H and O–H groups in total. The van der Waals surface area contributed by atoms with Crippen molar-refractivity contribution in [1.82, 2.24) is 9.62 Å². The van der Waals surface area contributed by atoms with Crippen molar-refractivity contribution in [2.75, 3.05) is 13.1 Å². The van der Waals surface area contributed by atoms with Crippen molar-refractivity contribution < 1.29 is 13.3 Å². The number of benzene rings is 1. The van der Waals surface area contributed by atoms with Crippen LogP contribution in [0.5, 0.6) is 0 Å². The number of piperidine rings is 1. The molecule has 0 amide bonds. The SMILES string of the molecule is O=[N+]([O-])c1ccc(S(=O)(=O)N(C2CCNCC2)C2CC2)cc1. The quantitative estimate of drug-likeness (QED) is 0.654. The highest BCUT2D eigenvalue weighted by molar-refractivity contribution is 7.89. The molecule has 1 aromatic rings. The van der Waals surface area contributed by atoms with Crippen LogP contribution in [0.15, 0.2) is 29.2 Å². The lowest BCUT2D eigenvalue weighted by atomic mass is 10.1. The third kappa shape index (κ3) is 2.99. The zero-order valence-electron chi connectivity index (χ0n) is 12.1. The van der Waals surface area contributed by atoms with Crippen molar-refractivity contribution in [2.45, 2.75) is 42.7 Å². The molecule has 0 radical (unpaired) electrons. The number of hydrogen-bond acceptors (Lipinski definition) is 5. The van der Waals surface area contributed by atoms with E-state index in [1.54, 1.807) is 4.31 Å². The molecule has 0 aromatic heterocycles. The average Bonchev–Trinajstić information content (AvgIpc) is 3.33. The number of nitro groups is 1. The Hall–Kier alpha value is -1.51. The minimum absolute atomic E-state index is 0.0222. The van der Waals surface area contributed by atoms with Crippen LogP contribution in [0.25, 0.3) is 0 Å². The van der Waals surface area contributed by atoms with E-state index in [0.29, 0.717) is 0 Å². The molecule has 1 saturated carbocycles. The molecule has 2 fully saturated rings. The molecule has 8 heteroatoms. The highest BCUT2D eigenvalue weighted by Gasteiger charge is 2.42. The van der Waals surface area contributed by atoms with Crippen molar-refractivity contribution in [3.8, 4) is 0 Å². The largest absolute Gasteiger partial charge is 0.317 e. The summed E-state index contributed by atoms with van der Waals surface area (Å²) >= 11 is 0. The zero-order valence-corrected chi connectivity index (χ0v) is 13.0. The molecule has 120 valence electrons. The number of hydrogen-bond donors (Lipinski definition) is 1. The molecular weight excluding hydrogens is 306 g/mol. The monoisotopic (exact) mass is 325 g/mol. The molecule has 3 rings (SSSR count). The van der Waals surface area contributed by atoms with E-state index in [-0.39, 0.29) is 22.7 Å². The van der Waals surface area contributed by atoms with Crippen molar-refractivity contribution in [2.24, 2.45) is 0 Å². The van der Waals surface area contributed by atoms with Crippen LogP contribution in [0.2, 0.25) is 0 Å². The second-order valence-electron chi connectivity index (χ2n) is 5.80. The zero-order chi connectivity index (χ0) is 15.7. The Bertz CT molecular complexity index is 649. The van der Waals surface area contributed by atoms with Gasteiger partial charge in [0.1, 0.15) is 0 Å². The summed E-state index contributed by atoms with van der Waals surface area (Å²) in [7, 11) is -3.60. The molecule has 0 atom stereocenters. The average molecular weight is 325 g/mol. The molecule has 0 unspecified atom stereocenters. The maximum absolute atomic E-state index is 12.9. The van der Waals surface area contributed by atoms with Crippen LogP contribution in [-0.2, 0) is 10.0 Å². The van der Waals surface area contributed by atoms with E-state index in [1.807, 2.05) is 0 Å². The first-order valence-electron chi connectivity index (χ1n) is 7.49. The number of rotatable bonds is 5. The van der Waals surface area contributed by atoms with Gasteiger partial charge in [0.05, 0.1) is 9.82 Å². The van der Waals surface area contributed by atoms with E-state index in [2.05, 4.69) is 5.32 Å². The van der Waals surface area contributed by atoms with E-state index in [4.69, 9.17) is 0 Å². The second-order valence-corrected chi connectivity index (χ2v) is 7.64. The van der Waals surface area contributed by atoms with Gasteiger partial charge >= 0.3 is 0 Å². The Morgan fingerprint density at radius 3 is 2.09 bits per heavy atom. The standard InChI is InChI=1S/C14H19N3O4S/c18-17(19)13-3-5-14(6-4-13)22(20,21)16(11-1-2-11)12-7-9-15-10-8-12/h3-6,11-12,15H,1-2,7-10H2. The van der Waals surface area contributed by atoms with Crippen molar-refractivity contribution in [3.05, 3.63) is 34.4 Å². The van der Waals surface area contributed by atoms with E-state index < -0.39 is 14.9 Å². The molecule has 22 heavy (non-hydrogen) atoms. The number of nitrogens with zero attached hydrogens (tertiary/aromatic N) is 2. The lowest BCUT2D eigenvalue weighted by Crippen LogP contribution is -2.47. The van der Waals surface area contributed by atoms with E-state index >= 15 is 0 Å². The van der Waals surface area contributed by atoms with E-state index in [9.17, 15) is 18.5 Å². The summed E-state index contributed by atoms with van der Waals surface area (Å²) in [5.41, 5.74) is -0.0983. The Morgan fingerprint density at radius 2 is 1.59 bits per heavy atom. The minimum atomic E-state index is -3.60. The summed E-state index contributed by atoms with van der Waals surface area (Å²) in [5, 5.41) is 13.9. The highest BCUT2D eigenvalue weighted by atomic mass is 32.2. The van der Waals surface area contributed by atoms with Gasteiger partial charge in [-0.3, -0.25) is 10.1 Å². The van der Waals surface area contributed by atoms with Gasteiger partial charge in [-0.05, 0) is 50.9 Å². The number of sulfonamides is 1. The molecule has 1 aliphatic carbocycles. The van der Waals surface area contributed by atoms with Gasteiger partial charge in [-0.2, -0.15) is 4.31 Å². The smallest absolute Gasteiger partial charge is 0.269 e. The molecule has 2 aliphatic rings. The maximum atomic E-state index is 12.9. The van der Waals surface area contributed by atoms with E-state index in [1.165, 1.54) is 24.3 Å². The van der Waals surface area contributed by atoms with Gasteiger partial charge in [0.2, 0.25) is 10.0 Å². The normalized spacial score (nSPS) is 20.2. The Morgan fingerprint density at radius 1 is 1.05 bits per heavy atom. The van der Waals surface area contributed by atoms with Gasteiger partial charge in [-0.15, -0.1) is 0 Å². The molecule has 1 aliphatic heterocycles. The predicted octanol–water partition coefficient (Wildman–Crippen LogP) is 1.50. The number of nitrogens with one attached hydrogen (secondary N) is 1. The molecule has 0 spiro atoms. The fourth-order valence-electron chi connectivity index (χ4n) is 2.94. The highest BCUT2D eigenvalue weighted by Crippen LogP contribution is 2.36. The van der Waals surface area contributed by atoms with Crippen LogP contribution in [-0.4, -0.2) is 42.8 Å². The van der Waals surface area contributed by atoms with Crippen LogP contribution < -0.4 is 5.32 Å². The fraction of sp³-hybridized carbons (Fsp3) is 0.571. The Labute approximate surface area is 129 Å². The second kappa shape index (κ2) is 5.94. The van der Waals surface area contributed by atoms with Crippen molar-refractivity contribution in [3.63, 3.8) is 0 Å². The van der Waals surface area contributed by atoms with Gasteiger partial charge in [0, 0.05) is 24.2 Å². The lowest BCUT2D eigenvalue weighted by molar-refractivity contribution is -0.384.